The molecule has 10 rings (SSSR count). The fourth-order valence-corrected chi connectivity index (χ4v) is 9.35. The third kappa shape index (κ3) is 6.17. The number of nitrogens with zero attached hydrogens (tertiary/aromatic N) is 1. The summed E-state index contributed by atoms with van der Waals surface area (Å²) in [4.78, 5) is 2.46. The first-order chi connectivity index (χ1) is 27.8. The first-order valence-corrected chi connectivity index (χ1v) is 19.9. The molecule has 1 nitrogen and oxygen atoms in total. The van der Waals surface area contributed by atoms with Gasteiger partial charge in [-0.15, -0.1) is 11.3 Å². The molecule has 0 N–H and O–H groups in total. The monoisotopic (exact) mass is 731 g/mol. The Balaban J connectivity index is 1.25. The van der Waals surface area contributed by atoms with E-state index in [0.29, 0.717) is 0 Å². The average molecular weight is 732 g/mol. The molecule has 0 unspecified atom stereocenters. The smallest absolute Gasteiger partial charge is 0.0546 e. The van der Waals surface area contributed by atoms with E-state index in [-0.39, 0.29) is 0 Å². The lowest BCUT2D eigenvalue weighted by molar-refractivity contribution is 1.28. The number of hydrogen-bond donors (Lipinski definition) is 0. The van der Waals surface area contributed by atoms with E-state index in [2.05, 4.69) is 229 Å². The van der Waals surface area contributed by atoms with Crippen molar-refractivity contribution in [2.45, 2.75) is 0 Å². The molecule has 0 bridgehead atoms. The number of fused-ring (bicyclic) bond motifs is 3. The van der Waals surface area contributed by atoms with Crippen LogP contribution in [0, 0.1) is 0 Å². The number of thiophene rings is 1. The van der Waals surface area contributed by atoms with Crippen molar-refractivity contribution in [1.82, 2.24) is 0 Å². The molecule has 0 aliphatic heterocycles. The Bertz CT molecular complexity index is 2960. The van der Waals surface area contributed by atoms with E-state index in [1.54, 1.807) is 0 Å². The van der Waals surface area contributed by atoms with E-state index in [4.69, 9.17) is 0 Å². The van der Waals surface area contributed by atoms with Crippen molar-refractivity contribution < 1.29 is 0 Å². The molecule has 2 heteroatoms. The van der Waals surface area contributed by atoms with Crippen molar-refractivity contribution in [3.05, 3.63) is 224 Å². The van der Waals surface area contributed by atoms with E-state index in [0.717, 1.165) is 17.1 Å². The van der Waals surface area contributed by atoms with E-state index >= 15 is 0 Å². The molecule has 0 spiro atoms. The van der Waals surface area contributed by atoms with Crippen molar-refractivity contribution in [2.75, 3.05) is 4.90 Å². The lowest BCUT2D eigenvalue weighted by Crippen LogP contribution is -2.12. The van der Waals surface area contributed by atoms with Gasteiger partial charge < -0.3 is 4.90 Å². The second kappa shape index (κ2) is 14.7. The normalized spacial score (nSPS) is 11.2. The van der Waals surface area contributed by atoms with Crippen LogP contribution < -0.4 is 4.90 Å². The van der Waals surface area contributed by atoms with E-state index in [1.165, 1.54) is 75.8 Å². The fourth-order valence-electron chi connectivity index (χ4n) is 8.11. The molecule has 264 valence electrons. The quantitative estimate of drug-likeness (QED) is 0.150. The molecule has 0 saturated heterocycles. The zero-order chi connectivity index (χ0) is 37.3. The number of rotatable bonds is 8. The summed E-state index contributed by atoms with van der Waals surface area (Å²) in [6, 6.07) is 81.4. The predicted molar refractivity (Wildman–Crippen MR) is 241 cm³/mol. The molecule has 0 fully saturated rings. The number of benzene rings is 9. The molecule has 1 heterocycles. The third-order valence-electron chi connectivity index (χ3n) is 10.7. The fraction of sp³-hybridized carbons (Fsp3) is 0. The summed E-state index contributed by atoms with van der Waals surface area (Å²) in [7, 11) is 0. The van der Waals surface area contributed by atoms with Gasteiger partial charge in [0.2, 0.25) is 0 Å². The van der Waals surface area contributed by atoms with Crippen molar-refractivity contribution in [3.8, 4) is 55.6 Å². The van der Waals surface area contributed by atoms with Gasteiger partial charge in [0.05, 0.1) is 5.69 Å². The lowest BCUT2D eigenvalue weighted by atomic mass is 9.87. The highest BCUT2D eigenvalue weighted by Gasteiger charge is 2.23. The van der Waals surface area contributed by atoms with Crippen LogP contribution in [0.15, 0.2) is 224 Å². The SMILES string of the molecule is c1ccc(-c2cccc(N(c3cccc(-c4cccc5c4sc4ccccc45)c3)c3cccc(-c4ccccc4)c3-c3ccccc3-c3ccccc3)c2)cc1. The molecule has 0 atom stereocenters. The van der Waals surface area contributed by atoms with Crippen LogP contribution >= 0.6 is 11.3 Å². The van der Waals surface area contributed by atoms with Gasteiger partial charge in [0.15, 0.2) is 0 Å². The summed E-state index contributed by atoms with van der Waals surface area (Å²) >= 11 is 1.87. The van der Waals surface area contributed by atoms with E-state index in [1.807, 2.05) is 11.3 Å². The van der Waals surface area contributed by atoms with Gasteiger partial charge in [-0.3, -0.25) is 0 Å². The van der Waals surface area contributed by atoms with Crippen LogP contribution in [-0.4, -0.2) is 0 Å². The molecule has 0 radical (unpaired) electrons. The van der Waals surface area contributed by atoms with E-state index in [9.17, 15) is 0 Å². The minimum absolute atomic E-state index is 1.09. The Hall–Kier alpha value is -7.00. The number of anilines is 3. The molecule has 0 aliphatic rings. The van der Waals surface area contributed by atoms with Crippen molar-refractivity contribution in [2.24, 2.45) is 0 Å². The molecule has 0 saturated carbocycles. The van der Waals surface area contributed by atoms with Gasteiger partial charge in [-0.2, -0.15) is 0 Å². The van der Waals surface area contributed by atoms with Gasteiger partial charge >= 0.3 is 0 Å². The molecule has 10 aromatic rings. The standard InChI is InChI=1S/C54H37NS/c1-4-18-38(19-5-1)41-24-14-26-43(36-41)55(44-27-15-25-42(37-44)47-32-16-33-50-48-29-12-13-35-52(48)56-54(47)50)51-34-17-31-46(40-22-8-3-9-23-40)53(51)49-30-11-10-28-45(49)39-20-6-2-7-21-39/h1-37H. The largest absolute Gasteiger partial charge is 0.310 e. The zero-order valence-corrected chi connectivity index (χ0v) is 31.5. The zero-order valence-electron chi connectivity index (χ0n) is 30.7. The van der Waals surface area contributed by atoms with Crippen LogP contribution in [0.4, 0.5) is 17.1 Å². The van der Waals surface area contributed by atoms with Crippen LogP contribution in [0.3, 0.4) is 0 Å². The highest BCUT2D eigenvalue weighted by molar-refractivity contribution is 7.26. The Labute approximate surface area is 332 Å². The molecule has 1 aromatic heterocycles. The first kappa shape index (κ1) is 33.6. The Kier molecular flexibility index (Phi) is 8.79. The summed E-state index contributed by atoms with van der Waals surface area (Å²) < 4.78 is 2.62. The van der Waals surface area contributed by atoms with Crippen LogP contribution in [0.2, 0.25) is 0 Å². The first-order valence-electron chi connectivity index (χ1n) is 19.1. The number of hydrogen-bond acceptors (Lipinski definition) is 2. The summed E-state index contributed by atoms with van der Waals surface area (Å²) in [6.07, 6.45) is 0. The molecule has 56 heavy (non-hydrogen) atoms. The summed E-state index contributed by atoms with van der Waals surface area (Å²) in [5.74, 6) is 0. The summed E-state index contributed by atoms with van der Waals surface area (Å²) in [5, 5.41) is 2.61. The van der Waals surface area contributed by atoms with Gasteiger partial charge in [0, 0.05) is 37.1 Å². The highest BCUT2D eigenvalue weighted by atomic mass is 32.1. The lowest BCUT2D eigenvalue weighted by Gasteiger charge is -2.30. The Morgan fingerprint density at radius 3 is 1.52 bits per heavy atom. The van der Waals surface area contributed by atoms with Gasteiger partial charge in [-0.25, -0.2) is 0 Å². The topological polar surface area (TPSA) is 3.24 Å². The van der Waals surface area contributed by atoms with Crippen molar-refractivity contribution in [1.29, 1.82) is 0 Å². The second-order valence-electron chi connectivity index (χ2n) is 14.1. The van der Waals surface area contributed by atoms with Crippen LogP contribution in [0.25, 0.3) is 75.8 Å². The van der Waals surface area contributed by atoms with Crippen LogP contribution in [-0.2, 0) is 0 Å². The molecular weight excluding hydrogens is 695 g/mol. The molecule has 0 aliphatic carbocycles. The Morgan fingerprint density at radius 1 is 0.304 bits per heavy atom. The maximum atomic E-state index is 2.46. The molecule has 9 aromatic carbocycles. The minimum atomic E-state index is 1.09. The summed E-state index contributed by atoms with van der Waals surface area (Å²) in [6.45, 7) is 0. The van der Waals surface area contributed by atoms with Gasteiger partial charge in [-0.05, 0) is 86.5 Å². The average Bonchev–Trinajstić information content (AvgIpc) is 3.67. The molecule has 0 amide bonds. The van der Waals surface area contributed by atoms with Gasteiger partial charge in [0.25, 0.3) is 0 Å². The highest BCUT2D eigenvalue weighted by Crippen LogP contribution is 2.49. The van der Waals surface area contributed by atoms with Gasteiger partial charge in [-0.1, -0.05) is 188 Å². The predicted octanol–water partition coefficient (Wildman–Crippen LogP) is 15.9. The van der Waals surface area contributed by atoms with E-state index < -0.39 is 0 Å². The van der Waals surface area contributed by atoms with Crippen molar-refractivity contribution in [3.63, 3.8) is 0 Å². The van der Waals surface area contributed by atoms with Crippen LogP contribution in [0.5, 0.6) is 0 Å². The maximum Gasteiger partial charge on any atom is 0.0546 e. The van der Waals surface area contributed by atoms with Gasteiger partial charge in [0.1, 0.15) is 0 Å². The second-order valence-corrected chi connectivity index (χ2v) is 15.1. The minimum Gasteiger partial charge on any atom is -0.310 e. The molecular formula is C54H37NS. The van der Waals surface area contributed by atoms with Crippen molar-refractivity contribution >= 4 is 48.6 Å². The maximum absolute atomic E-state index is 2.46. The van der Waals surface area contributed by atoms with Crippen LogP contribution in [0.1, 0.15) is 0 Å². The third-order valence-corrected chi connectivity index (χ3v) is 11.9. The summed E-state index contributed by atoms with van der Waals surface area (Å²) in [5.41, 5.74) is 15.2. The Morgan fingerprint density at radius 2 is 0.786 bits per heavy atom.